The second kappa shape index (κ2) is 4.40. The summed E-state index contributed by atoms with van der Waals surface area (Å²) in [6, 6.07) is 7.38. The van der Waals surface area contributed by atoms with Gasteiger partial charge < -0.3 is 4.98 Å². The van der Waals surface area contributed by atoms with Crippen molar-refractivity contribution in [1.29, 1.82) is 5.26 Å². The number of hydrogen-bond donors (Lipinski definition) is 1. The summed E-state index contributed by atoms with van der Waals surface area (Å²) in [6.45, 7) is 0. The topological polar surface area (TPSA) is 56.6 Å². The molecule has 0 aliphatic rings. The number of aromatic nitrogens is 1. The monoisotopic (exact) mass is 248 g/mol. The summed E-state index contributed by atoms with van der Waals surface area (Å²) >= 11 is 5.88. The number of benzene rings is 1. The molecule has 1 N–H and O–H groups in total. The highest BCUT2D eigenvalue weighted by atomic mass is 35.5. The Bertz CT molecular complexity index is 653. The van der Waals surface area contributed by atoms with Gasteiger partial charge in [0.05, 0.1) is 5.02 Å². The fourth-order valence-corrected chi connectivity index (χ4v) is 1.82. The molecule has 0 saturated heterocycles. The second-order valence-electron chi connectivity index (χ2n) is 3.30. The van der Waals surface area contributed by atoms with Gasteiger partial charge in [0.25, 0.3) is 5.56 Å². The molecule has 1 aromatic heterocycles. The molecule has 1 aromatic carbocycles. The number of nitrogens with one attached hydrogen (secondary N) is 1. The van der Waals surface area contributed by atoms with Crippen LogP contribution in [0.3, 0.4) is 0 Å². The van der Waals surface area contributed by atoms with Gasteiger partial charge in [0.2, 0.25) is 0 Å². The van der Waals surface area contributed by atoms with E-state index in [0.717, 1.165) is 0 Å². The Kier molecular flexibility index (Phi) is 2.94. The minimum absolute atomic E-state index is 0.0665. The Morgan fingerprint density at radius 3 is 2.76 bits per heavy atom. The van der Waals surface area contributed by atoms with Crippen LogP contribution in [0.25, 0.3) is 11.1 Å². The largest absolute Gasteiger partial charge is 0.328 e. The summed E-state index contributed by atoms with van der Waals surface area (Å²) in [6.07, 6.45) is 1.35. The zero-order valence-corrected chi connectivity index (χ0v) is 9.25. The van der Waals surface area contributed by atoms with Gasteiger partial charge in [-0.2, -0.15) is 5.26 Å². The van der Waals surface area contributed by atoms with Gasteiger partial charge in [-0.05, 0) is 18.2 Å². The minimum atomic E-state index is -0.570. The number of aromatic amines is 1. The van der Waals surface area contributed by atoms with Gasteiger partial charge >= 0.3 is 0 Å². The van der Waals surface area contributed by atoms with Crippen LogP contribution in [0.4, 0.5) is 4.39 Å². The summed E-state index contributed by atoms with van der Waals surface area (Å²) < 4.78 is 13.7. The van der Waals surface area contributed by atoms with Gasteiger partial charge in [0.1, 0.15) is 17.4 Å². The van der Waals surface area contributed by atoms with E-state index in [4.69, 9.17) is 16.9 Å². The third kappa shape index (κ3) is 1.93. The van der Waals surface area contributed by atoms with Crippen molar-refractivity contribution in [3.63, 3.8) is 0 Å². The van der Waals surface area contributed by atoms with E-state index in [-0.39, 0.29) is 21.7 Å². The first-order valence-corrected chi connectivity index (χ1v) is 5.09. The van der Waals surface area contributed by atoms with Crippen LogP contribution < -0.4 is 5.56 Å². The number of halogens is 2. The fraction of sp³-hybridized carbons (Fsp3) is 0. The number of H-pyrrole nitrogens is 1. The molecule has 5 heteroatoms. The average Bonchev–Trinajstić information content (AvgIpc) is 2.29. The average molecular weight is 249 g/mol. The second-order valence-corrected chi connectivity index (χ2v) is 3.71. The maximum Gasteiger partial charge on any atom is 0.266 e. The molecule has 3 nitrogen and oxygen atoms in total. The number of nitriles is 1. The third-order valence-electron chi connectivity index (χ3n) is 2.30. The van der Waals surface area contributed by atoms with Crippen LogP contribution >= 0.6 is 11.6 Å². The first kappa shape index (κ1) is 11.4. The van der Waals surface area contributed by atoms with Crippen molar-refractivity contribution in [2.75, 3.05) is 0 Å². The Labute approximate surface area is 101 Å². The molecular formula is C12H6ClFN2O. The normalized spacial score (nSPS) is 9.94. The van der Waals surface area contributed by atoms with Gasteiger partial charge in [-0.25, -0.2) is 4.39 Å². The summed E-state index contributed by atoms with van der Waals surface area (Å²) in [5.41, 5.74) is -0.458. The molecule has 0 bridgehead atoms. The van der Waals surface area contributed by atoms with Crippen molar-refractivity contribution in [3.05, 3.63) is 57.2 Å². The summed E-state index contributed by atoms with van der Waals surface area (Å²) in [5, 5.41) is 9.07. The summed E-state index contributed by atoms with van der Waals surface area (Å²) in [4.78, 5) is 13.8. The van der Waals surface area contributed by atoms with E-state index in [1.165, 1.54) is 30.5 Å². The molecular weight excluding hydrogens is 243 g/mol. The van der Waals surface area contributed by atoms with Crippen molar-refractivity contribution in [1.82, 2.24) is 4.98 Å². The van der Waals surface area contributed by atoms with E-state index >= 15 is 0 Å². The van der Waals surface area contributed by atoms with E-state index in [1.807, 2.05) is 0 Å². The van der Waals surface area contributed by atoms with Crippen molar-refractivity contribution in [2.24, 2.45) is 0 Å². The van der Waals surface area contributed by atoms with E-state index in [2.05, 4.69) is 4.98 Å². The van der Waals surface area contributed by atoms with Crippen LogP contribution in [-0.2, 0) is 0 Å². The van der Waals surface area contributed by atoms with Crippen LogP contribution in [0.5, 0.6) is 0 Å². The zero-order valence-electron chi connectivity index (χ0n) is 8.50. The van der Waals surface area contributed by atoms with Gasteiger partial charge in [0, 0.05) is 17.3 Å². The molecule has 0 aliphatic carbocycles. The molecule has 84 valence electrons. The predicted molar refractivity (Wildman–Crippen MR) is 62.2 cm³/mol. The lowest BCUT2D eigenvalue weighted by molar-refractivity contribution is 0.631. The van der Waals surface area contributed by atoms with Crippen molar-refractivity contribution < 1.29 is 4.39 Å². The third-order valence-corrected chi connectivity index (χ3v) is 2.62. The smallest absolute Gasteiger partial charge is 0.266 e. The van der Waals surface area contributed by atoms with E-state index in [1.54, 1.807) is 6.07 Å². The maximum absolute atomic E-state index is 13.7. The molecule has 0 spiro atoms. The number of rotatable bonds is 1. The summed E-state index contributed by atoms with van der Waals surface area (Å²) in [7, 11) is 0. The van der Waals surface area contributed by atoms with Gasteiger partial charge in [0.15, 0.2) is 0 Å². The maximum atomic E-state index is 13.7. The van der Waals surface area contributed by atoms with Crippen molar-refractivity contribution >= 4 is 11.6 Å². The Balaban J connectivity index is 2.83. The van der Waals surface area contributed by atoms with Gasteiger partial charge in [-0.1, -0.05) is 17.7 Å². The lowest BCUT2D eigenvalue weighted by Crippen LogP contribution is -2.10. The molecule has 0 atom stereocenters. The van der Waals surface area contributed by atoms with Crippen LogP contribution in [0.15, 0.2) is 35.3 Å². The van der Waals surface area contributed by atoms with E-state index in [0.29, 0.717) is 0 Å². The molecule has 0 saturated carbocycles. The highest BCUT2D eigenvalue weighted by Crippen LogP contribution is 2.31. The lowest BCUT2D eigenvalue weighted by Gasteiger charge is -2.06. The summed E-state index contributed by atoms with van der Waals surface area (Å²) in [5.74, 6) is -0.570. The van der Waals surface area contributed by atoms with Gasteiger partial charge in [-0.15, -0.1) is 0 Å². The Morgan fingerprint density at radius 2 is 2.12 bits per heavy atom. The highest BCUT2D eigenvalue weighted by Gasteiger charge is 2.15. The molecule has 17 heavy (non-hydrogen) atoms. The van der Waals surface area contributed by atoms with E-state index in [9.17, 15) is 9.18 Å². The predicted octanol–water partition coefficient (Wildman–Crippen LogP) is 2.71. The number of pyridine rings is 1. The SMILES string of the molecule is N#Cc1c(-c2c(F)cccc2Cl)cc[nH]c1=O. The number of hydrogen-bond acceptors (Lipinski definition) is 2. The van der Waals surface area contributed by atoms with Crippen LogP contribution in [0.1, 0.15) is 5.56 Å². The Hall–Kier alpha value is -2.12. The molecule has 2 aromatic rings. The molecule has 2 rings (SSSR count). The van der Waals surface area contributed by atoms with E-state index < -0.39 is 11.4 Å². The fourth-order valence-electron chi connectivity index (χ4n) is 1.55. The lowest BCUT2D eigenvalue weighted by atomic mass is 10.0. The number of nitrogens with zero attached hydrogens (tertiary/aromatic N) is 1. The van der Waals surface area contributed by atoms with Gasteiger partial charge in [-0.3, -0.25) is 4.79 Å². The molecule has 1 heterocycles. The standard InChI is InChI=1S/C12H6ClFN2O/c13-9-2-1-3-10(14)11(9)7-4-5-16-12(17)8(7)6-15/h1-5H,(H,16,17). The van der Waals surface area contributed by atoms with Crippen molar-refractivity contribution in [3.8, 4) is 17.2 Å². The molecule has 0 fully saturated rings. The first-order chi connectivity index (χ1) is 8.15. The Morgan fingerprint density at radius 1 is 1.35 bits per heavy atom. The highest BCUT2D eigenvalue weighted by molar-refractivity contribution is 6.33. The van der Waals surface area contributed by atoms with Crippen LogP contribution in [-0.4, -0.2) is 4.98 Å². The van der Waals surface area contributed by atoms with Crippen LogP contribution in [0, 0.1) is 17.1 Å². The minimum Gasteiger partial charge on any atom is -0.328 e. The zero-order chi connectivity index (χ0) is 12.4. The molecule has 0 aliphatic heterocycles. The first-order valence-electron chi connectivity index (χ1n) is 4.71. The van der Waals surface area contributed by atoms with Crippen molar-refractivity contribution in [2.45, 2.75) is 0 Å². The molecule has 0 amide bonds. The molecule has 0 radical (unpaired) electrons. The quantitative estimate of drug-likeness (QED) is 0.844. The molecule has 0 unspecified atom stereocenters. The van der Waals surface area contributed by atoms with Crippen LogP contribution in [0.2, 0.25) is 5.02 Å².